The van der Waals surface area contributed by atoms with E-state index in [2.05, 4.69) is 9.97 Å². The molecule has 0 bridgehead atoms. The fourth-order valence-electron chi connectivity index (χ4n) is 2.54. The number of nitrogens with zero attached hydrogens (tertiary/aromatic N) is 2. The number of aromatic nitrogens is 2. The highest BCUT2D eigenvalue weighted by Gasteiger charge is 2.24. The first-order valence-corrected chi connectivity index (χ1v) is 6.72. The van der Waals surface area contributed by atoms with E-state index in [0.29, 0.717) is 18.4 Å². The number of aromatic amines is 1. The lowest BCUT2D eigenvalue weighted by Crippen LogP contribution is -2.40. The molecular weight excluding hydrogens is 254 g/mol. The van der Waals surface area contributed by atoms with Gasteiger partial charge >= 0.3 is 0 Å². The first-order valence-electron chi connectivity index (χ1n) is 6.34. The van der Waals surface area contributed by atoms with Gasteiger partial charge in [0.25, 0.3) is 5.56 Å². The zero-order valence-electron chi connectivity index (χ0n) is 10.2. The normalized spacial score (nSPS) is 16.8. The Morgan fingerprint density at radius 2 is 2.17 bits per heavy atom. The highest BCUT2D eigenvalue weighted by Crippen LogP contribution is 2.28. The van der Waals surface area contributed by atoms with Crippen molar-refractivity contribution in [2.24, 2.45) is 0 Å². The van der Waals surface area contributed by atoms with E-state index in [1.807, 2.05) is 4.90 Å². The average Bonchev–Trinajstić information content (AvgIpc) is 2.41. The Balaban J connectivity index is 2.28. The Morgan fingerprint density at radius 3 is 2.83 bits per heavy atom. The van der Waals surface area contributed by atoms with Gasteiger partial charge < -0.3 is 15.0 Å². The third-order valence-electron chi connectivity index (χ3n) is 3.41. The number of aliphatic hydroxyl groups excluding tert-OH is 1. The maximum absolute atomic E-state index is 11.5. The van der Waals surface area contributed by atoms with Crippen LogP contribution in [0.3, 0.4) is 0 Å². The van der Waals surface area contributed by atoms with Gasteiger partial charge in [0.2, 0.25) is 0 Å². The predicted octanol–water partition coefficient (Wildman–Crippen LogP) is 1.55. The summed E-state index contributed by atoms with van der Waals surface area (Å²) in [4.78, 5) is 20.1. The standard InChI is InChI=1S/C12H18ClN3O2/c13-10-11(14-8-15-12(10)18)16(6-7-17)9-4-2-1-3-5-9/h8-9,17H,1-7H2,(H,14,15,18). The molecule has 1 aromatic heterocycles. The summed E-state index contributed by atoms with van der Waals surface area (Å²) in [5.41, 5.74) is -0.333. The molecule has 0 spiro atoms. The predicted molar refractivity (Wildman–Crippen MR) is 71.2 cm³/mol. The van der Waals surface area contributed by atoms with Gasteiger partial charge in [0.1, 0.15) is 5.02 Å². The zero-order valence-corrected chi connectivity index (χ0v) is 11.0. The Hall–Kier alpha value is -1.07. The van der Waals surface area contributed by atoms with Crippen LogP contribution in [0.4, 0.5) is 5.82 Å². The topological polar surface area (TPSA) is 69.2 Å². The molecule has 2 N–H and O–H groups in total. The minimum atomic E-state index is -0.333. The molecule has 1 heterocycles. The number of anilines is 1. The second-order valence-corrected chi connectivity index (χ2v) is 4.96. The highest BCUT2D eigenvalue weighted by molar-refractivity contribution is 6.32. The van der Waals surface area contributed by atoms with Gasteiger partial charge in [-0.05, 0) is 12.8 Å². The molecule has 1 aromatic rings. The van der Waals surface area contributed by atoms with Crippen LogP contribution in [0.1, 0.15) is 32.1 Å². The quantitative estimate of drug-likeness (QED) is 0.872. The second-order valence-electron chi connectivity index (χ2n) is 4.58. The third kappa shape index (κ3) is 2.84. The first-order chi connectivity index (χ1) is 8.74. The monoisotopic (exact) mass is 271 g/mol. The summed E-state index contributed by atoms with van der Waals surface area (Å²) in [6.45, 7) is 0.488. The van der Waals surface area contributed by atoms with Gasteiger partial charge in [0, 0.05) is 12.6 Å². The molecule has 0 amide bonds. The van der Waals surface area contributed by atoms with Gasteiger partial charge in [-0.2, -0.15) is 0 Å². The van der Waals surface area contributed by atoms with Gasteiger partial charge in [-0.1, -0.05) is 30.9 Å². The summed E-state index contributed by atoms with van der Waals surface area (Å²) < 4.78 is 0. The molecule has 0 aromatic carbocycles. The molecule has 0 radical (unpaired) electrons. The van der Waals surface area contributed by atoms with Gasteiger partial charge in [0.15, 0.2) is 5.82 Å². The van der Waals surface area contributed by atoms with Gasteiger partial charge in [-0.3, -0.25) is 4.79 Å². The summed E-state index contributed by atoms with van der Waals surface area (Å²) in [5.74, 6) is 0.487. The highest BCUT2D eigenvalue weighted by atomic mass is 35.5. The fourth-order valence-corrected chi connectivity index (χ4v) is 2.75. The number of rotatable bonds is 4. The first kappa shape index (κ1) is 13.4. The van der Waals surface area contributed by atoms with Crippen LogP contribution in [0.2, 0.25) is 5.02 Å². The van der Waals surface area contributed by atoms with Gasteiger partial charge in [0.05, 0.1) is 12.9 Å². The van der Waals surface area contributed by atoms with Crippen LogP contribution in [-0.4, -0.2) is 34.3 Å². The molecule has 6 heteroatoms. The molecule has 1 fully saturated rings. The van der Waals surface area contributed by atoms with Crippen molar-refractivity contribution in [3.05, 3.63) is 21.7 Å². The van der Waals surface area contributed by atoms with Crippen LogP contribution in [0, 0.1) is 0 Å². The van der Waals surface area contributed by atoms with Crippen molar-refractivity contribution in [1.29, 1.82) is 0 Å². The number of hydrogen-bond donors (Lipinski definition) is 2. The average molecular weight is 272 g/mol. The fraction of sp³-hybridized carbons (Fsp3) is 0.667. The summed E-state index contributed by atoms with van der Waals surface area (Å²) in [6.07, 6.45) is 7.08. The van der Waals surface area contributed by atoms with Gasteiger partial charge in [-0.25, -0.2) is 4.98 Å². The molecule has 2 rings (SSSR count). The summed E-state index contributed by atoms with van der Waals surface area (Å²) in [5, 5.41) is 9.30. The lowest BCUT2D eigenvalue weighted by molar-refractivity contribution is 0.289. The molecule has 100 valence electrons. The molecule has 5 nitrogen and oxygen atoms in total. The Bertz CT molecular complexity index is 443. The minimum Gasteiger partial charge on any atom is -0.395 e. The molecule has 1 aliphatic carbocycles. The summed E-state index contributed by atoms with van der Waals surface area (Å²) in [7, 11) is 0. The van der Waals surface area contributed by atoms with Crippen LogP contribution in [-0.2, 0) is 0 Å². The van der Waals surface area contributed by atoms with E-state index in [9.17, 15) is 9.90 Å². The molecular formula is C12H18ClN3O2. The number of H-pyrrole nitrogens is 1. The third-order valence-corrected chi connectivity index (χ3v) is 3.75. The number of hydrogen-bond acceptors (Lipinski definition) is 4. The van der Waals surface area contributed by atoms with E-state index in [0.717, 1.165) is 12.8 Å². The maximum atomic E-state index is 11.5. The SMILES string of the molecule is O=c1[nH]cnc(N(CCO)C2CCCCC2)c1Cl. The van der Waals surface area contributed by atoms with Crippen molar-refractivity contribution in [2.45, 2.75) is 38.1 Å². The number of aliphatic hydroxyl groups is 1. The van der Waals surface area contributed by atoms with Crippen molar-refractivity contribution >= 4 is 17.4 Å². The van der Waals surface area contributed by atoms with Crippen LogP contribution in [0.15, 0.2) is 11.1 Å². The zero-order chi connectivity index (χ0) is 13.0. The molecule has 0 atom stereocenters. The van der Waals surface area contributed by atoms with Crippen molar-refractivity contribution in [3.8, 4) is 0 Å². The molecule has 18 heavy (non-hydrogen) atoms. The smallest absolute Gasteiger partial charge is 0.271 e. The number of halogens is 1. The van der Waals surface area contributed by atoms with Crippen molar-refractivity contribution in [1.82, 2.24) is 9.97 Å². The largest absolute Gasteiger partial charge is 0.395 e. The van der Waals surface area contributed by atoms with E-state index in [1.54, 1.807) is 0 Å². The van der Waals surface area contributed by atoms with E-state index in [1.165, 1.54) is 25.6 Å². The van der Waals surface area contributed by atoms with Crippen LogP contribution >= 0.6 is 11.6 Å². The van der Waals surface area contributed by atoms with Crippen molar-refractivity contribution < 1.29 is 5.11 Å². The lowest BCUT2D eigenvalue weighted by atomic mass is 9.94. The Kier molecular flexibility index (Phi) is 4.60. The maximum Gasteiger partial charge on any atom is 0.271 e. The lowest BCUT2D eigenvalue weighted by Gasteiger charge is -2.35. The van der Waals surface area contributed by atoms with Gasteiger partial charge in [-0.15, -0.1) is 0 Å². The number of nitrogens with one attached hydrogen (secondary N) is 1. The van der Waals surface area contributed by atoms with E-state index >= 15 is 0 Å². The van der Waals surface area contributed by atoms with E-state index in [4.69, 9.17) is 11.6 Å². The van der Waals surface area contributed by atoms with E-state index < -0.39 is 0 Å². The summed E-state index contributed by atoms with van der Waals surface area (Å²) in [6, 6.07) is 0.317. The minimum absolute atomic E-state index is 0.0291. The van der Waals surface area contributed by atoms with Crippen molar-refractivity contribution in [2.75, 3.05) is 18.1 Å². The molecule has 1 aliphatic rings. The Labute approximate surface area is 111 Å². The molecule has 0 saturated heterocycles. The van der Waals surface area contributed by atoms with Crippen molar-refractivity contribution in [3.63, 3.8) is 0 Å². The van der Waals surface area contributed by atoms with Crippen LogP contribution < -0.4 is 10.5 Å². The van der Waals surface area contributed by atoms with Crippen LogP contribution in [0.5, 0.6) is 0 Å². The second kappa shape index (κ2) is 6.20. The summed E-state index contributed by atoms with van der Waals surface area (Å²) >= 11 is 6.01. The van der Waals surface area contributed by atoms with Crippen LogP contribution in [0.25, 0.3) is 0 Å². The molecule has 0 unspecified atom stereocenters. The van der Waals surface area contributed by atoms with E-state index in [-0.39, 0.29) is 17.2 Å². The molecule has 0 aliphatic heterocycles. The Morgan fingerprint density at radius 1 is 1.44 bits per heavy atom. The molecule has 1 saturated carbocycles.